The van der Waals surface area contributed by atoms with Crippen LogP contribution in [-0.4, -0.2) is 41.2 Å². The Kier molecular flexibility index (Phi) is 5.12. The lowest BCUT2D eigenvalue weighted by Gasteiger charge is -2.13. The number of thioether (sulfide) groups is 1. The number of urea groups is 1. The highest BCUT2D eigenvalue weighted by molar-refractivity contribution is 8.00. The first-order valence-corrected chi connectivity index (χ1v) is 8.16. The summed E-state index contributed by atoms with van der Waals surface area (Å²) in [5, 5.41) is 14.6. The van der Waals surface area contributed by atoms with E-state index in [1.807, 2.05) is 17.8 Å². The van der Waals surface area contributed by atoms with Crippen molar-refractivity contribution in [3.63, 3.8) is 0 Å². The first kappa shape index (κ1) is 15.7. The fourth-order valence-corrected chi connectivity index (χ4v) is 2.80. The Morgan fingerprint density at radius 1 is 1.33 bits per heavy atom. The molecule has 0 aliphatic heterocycles. The topological polar surface area (TPSA) is 78.4 Å². The second-order valence-corrected chi connectivity index (χ2v) is 6.53. The number of amides is 2. The van der Waals surface area contributed by atoms with Gasteiger partial charge in [0.25, 0.3) is 0 Å². The zero-order valence-corrected chi connectivity index (χ0v) is 12.8. The van der Waals surface area contributed by atoms with Gasteiger partial charge in [-0.2, -0.15) is 11.8 Å². The van der Waals surface area contributed by atoms with E-state index in [2.05, 4.69) is 16.9 Å². The molecule has 1 aromatic rings. The van der Waals surface area contributed by atoms with E-state index in [-0.39, 0.29) is 16.3 Å². The predicted molar refractivity (Wildman–Crippen MR) is 84.0 cm³/mol. The second kappa shape index (κ2) is 6.85. The summed E-state index contributed by atoms with van der Waals surface area (Å²) in [7, 11) is 0. The Morgan fingerprint density at radius 3 is 2.71 bits per heavy atom. The second-order valence-electron chi connectivity index (χ2n) is 5.25. The minimum atomic E-state index is -0.936. The zero-order chi connectivity index (χ0) is 15.3. The quantitative estimate of drug-likeness (QED) is 0.721. The number of nitrogens with one attached hydrogen (secondary N) is 2. The van der Waals surface area contributed by atoms with Crippen LogP contribution in [-0.2, 0) is 6.42 Å². The van der Waals surface area contributed by atoms with Gasteiger partial charge >= 0.3 is 12.0 Å². The lowest BCUT2D eigenvalue weighted by Crippen LogP contribution is -2.40. The van der Waals surface area contributed by atoms with Crippen molar-refractivity contribution in [2.24, 2.45) is 0 Å². The van der Waals surface area contributed by atoms with Crippen molar-refractivity contribution >= 4 is 23.8 Å². The number of carboxylic acid groups (broad SMARTS) is 1. The number of carbonyl (C=O) groups is 2. The molecule has 6 heteroatoms. The Balaban J connectivity index is 1.70. The zero-order valence-electron chi connectivity index (χ0n) is 12.0. The van der Waals surface area contributed by atoms with Gasteiger partial charge in [0, 0.05) is 17.8 Å². The molecule has 2 rings (SSSR count). The normalized spacial score (nSPS) is 15.3. The molecule has 0 radical (unpaired) electrons. The minimum Gasteiger partial charge on any atom is -0.478 e. The van der Waals surface area contributed by atoms with Crippen LogP contribution in [0.1, 0.15) is 28.8 Å². The van der Waals surface area contributed by atoms with Gasteiger partial charge in [-0.05, 0) is 43.2 Å². The molecule has 3 N–H and O–H groups in total. The number of hydrogen-bond acceptors (Lipinski definition) is 3. The Labute approximate surface area is 128 Å². The van der Waals surface area contributed by atoms with Crippen LogP contribution in [0.25, 0.3) is 0 Å². The molecule has 1 aliphatic carbocycles. The average Bonchev–Trinajstić information content (AvgIpc) is 3.26. The molecule has 21 heavy (non-hydrogen) atoms. The minimum absolute atomic E-state index is 0.162. The SMILES string of the molecule is CSC1(CNC(=O)NCCc2cccc(C(=O)O)c2)CC1. The van der Waals surface area contributed by atoms with Gasteiger partial charge in [0.2, 0.25) is 0 Å². The van der Waals surface area contributed by atoms with Crippen LogP contribution in [0.2, 0.25) is 0 Å². The smallest absolute Gasteiger partial charge is 0.335 e. The standard InChI is InChI=1S/C15H20N2O3S/c1-21-15(6-7-15)10-17-14(20)16-8-5-11-3-2-4-12(9-11)13(18)19/h2-4,9H,5-8,10H2,1H3,(H,18,19)(H2,16,17,20). The summed E-state index contributed by atoms with van der Waals surface area (Å²) in [6, 6.07) is 6.61. The van der Waals surface area contributed by atoms with Crippen LogP contribution in [0.15, 0.2) is 24.3 Å². The summed E-state index contributed by atoms with van der Waals surface area (Å²) in [5.74, 6) is -0.936. The molecule has 0 spiro atoms. The van der Waals surface area contributed by atoms with Crippen molar-refractivity contribution in [1.82, 2.24) is 10.6 Å². The van der Waals surface area contributed by atoms with E-state index in [4.69, 9.17) is 5.11 Å². The lowest BCUT2D eigenvalue weighted by molar-refractivity contribution is 0.0696. The largest absolute Gasteiger partial charge is 0.478 e. The third-order valence-electron chi connectivity index (χ3n) is 3.68. The number of hydrogen-bond donors (Lipinski definition) is 3. The Hall–Kier alpha value is -1.69. The van der Waals surface area contributed by atoms with E-state index < -0.39 is 5.97 Å². The lowest BCUT2D eigenvalue weighted by atomic mass is 10.1. The van der Waals surface area contributed by atoms with Crippen LogP contribution >= 0.6 is 11.8 Å². The molecule has 0 unspecified atom stereocenters. The summed E-state index contributed by atoms with van der Waals surface area (Å²) in [6.45, 7) is 1.19. The van der Waals surface area contributed by atoms with E-state index in [0.717, 1.165) is 18.4 Å². The first-order chi connectivity index (χ1) is 10.0. The predicted octanol–water partition coefficient (Wildman–Crippen LogP) is 2.12. The highest BCUT2D eigenvalue weighted by Gasteiger charge is 2.41. The molecule has 0 saturated heterocycles. The Morgan fingerprint density at radius 2 is 2.10 bits per heavy atom. The van der Waals surface area contributed by atoms with E-state index in [9.17, 15) is 9.59 Å². The first-order valence-electron chi connectivity index (χ1n) is 6.94. The van der Waals surface area contributed by atoms with Gasteiger partial charge in [0.15, 0.2) is 0 Å². The summed E-state index contributed by atoms with van der Waals surface area (Å²) in [6.07, 6.45) is 5.01. The van der Waals surface area contributed by atoms with Crippen molar-refractivity contribution < 1.29 is 14.7 Å². The highest BCUT2D eigenvalue weighted by atomic mass is 32.2. The summed E-state index contributed by atoms with van der Waals surface area (Å²) >= 11 is 1.81. The molecule has 0 heterocycles. The van der Waals surface area contributed by atoms with Crippen molar-refractivity contribution in [3.8, 4) is 0 Å². The Bertz CT molecular complexity index is 529. The molecule has 114 valence electrons. The molecule has 1 aromatic carbocycles. The van der Waals surface area contributed by atoms with Crippen molar-refractivity contribution in [2.45, 2.75) is 24.0 Å². The van der Waals surface area contributed by atoms with E-state index >= 15 is 0 Å². The molecule has 0 bridgehead atoms. The van der Waals surface area contributed by atoms with Gasteiger partial charge in [-0.25, -0.2) is 9.59 Å². The summed E-state index contributed by atoms with van der Waals surface area (Å²) in [4.78, 5) is 22.5. The van der Waals surface area contributed by atoms with Crippen LogP contribution < -0.4 is 10.6 Å². The third-order valence-corrected chi connectivity index (χ3v) is 5.10. The molecule has 1 aliphatic rings. The van der Waals surface area contributed by atoms with Gasteiger partial charge in [-0.1, -0.05) is 12.1 Å². The van der Waals surface area contributed by atoms with Crippen molar-refractivity contribution in [1.29, 1.82) is 0 Å². The van der Waals surface area contributed by atoms with Crippen LogP contribution in [0.4, 0.5) is 4.79 Å². The number of carbonyl (C=O) groups excluding carboxylic acids is 1. The molecule has 0 atom stereocenters. The van der Waals surface area contributed by atoms with Gasteiger partial charge < -0.3 is 15.7 Å². The molecule has 0 aromatic heterocycles. The average molecular weight is 308 g/mol. The molecule has 2 amide bonds. The summed E-state index contributed by atoms with van der Waals surface area (Å²) in [5.41, 5.74) is 1.17. The maximum atomic E-state index is 11.7. The van der Waals surface area contributed by atoms with Gasteiger partial charge in [-0.15, -0.1) is 0 Å². The molecular formula is C15H20N2O3S. The maximum Gasteiger partial charge on any atom is 0.335 e. The molecule has 5 nitrogen and oxygen atoms in total. The molecular weight excluding hydrogens is 288 g/mol. The van der Waals surface area contributed by atoms with Crippen LogP contribution in [0.3, 0.4) is 0 Å². The third kappa shape index (κ3) is 4.67. The van der Waals surface area contributed by atoms with Gasteiger partial charge in [0.05, 0.1) is 5.56 Å². The van der Waals surface area contributed by atoms with E-state index in [0.29, 0.717) is 19.5 Å². The number of benzene rings is 1. The van der Waals surface area contributed by atoms with Crippen LogP contribution in [0, 0.1) is 0 Å². The van der Waals surface area contributed by atoms with E-state index in [1.165, 1.54) is 0 Å². The molecule has 1 saturated carbocycles. The molecule has 1 fully saturated rings. The van der Waals surface area contributed by atoms with Crippen LogP contribution in [0.5, 0.6) is 0 Å². The van der Waals surface area contributed by atoms with Gasteiger partial charge in [-0.3, -0.25) is 0 Å². The fourth-order valence-electron chi connectivity index (χ4n) is 2.08. The van der Waals surface area contributed by atoms with Crippen molar-refractivity contribution in [3.05, 3.63) is 35.4 Å². The highest BCUT2D eigenvalue weighted by Crippen LogP contribution is 2.46. The number of aromatic carboxylic acids is 1. The monoisotopic (exact) mass is 308 g/mol. The van der Waals surface area contributed by atoms with Gasteiger partial charge in [0.1, 0.15) is 0 Å². The summed E-state index contributed by atoms with van der Waals surface area (Å²) < 4.78 is 0.257. The maximum absolute atomic E-state index is 11.7. The number of rotatable bonds is 7. The van der Waals surface area contributed by atoms with E-state index in [1.54, 1.807) is 18.2 Å². The number of carboxylic acids is 1. The van der Waals surface area contributed by atoms with Crippen molar-refractivity contribution in [2.75, 3.05) is 19.3 Å². The fraction of sp³-hybridized carbons (Fsp3) is 0.467.